The number of rotatable bonds is 5. The molecule has 1 aromatic heterocycles. The molecule has 1 aliphatic rings. The third-order valence-corrected chi connectivity index (χ3v) is 4.47. The molecule has 0 aliphatic heterocycles. The number of hydrogen-bond acceptors (Lipinski definition) is 2. The standard InChI is InChI=1S/C17H20ClN3O/c18-14-4-1-12(2-5-14)7-8-19-17(22)10-13-3-6-15-16(9-13)21-11-20-15/h1-2,4-5,11,13H,3,6-10H2,(H,19,22)(H,20,21). The number of carbonyl (C=O) groups is 1. The molecular weight excluding hydrogens is 298 g/mol. The second kappa shape index (κ2) is 6.97. The Morgan fingerprint density at radius 3 is 3.00 bits per heavy atom. The fourth-order valence-corrected chi connectivity index (χ4v) is 3.10. The molecule has 5 heteroatoms. The lowest BCUT2D eigenvalue weighted by atomic mass is 9.87. The molecule has 4 nitrogen and oxygen atoms in total. The van der Waals surface area contributed by atoms with Gasteiger partial charge in [0.15, 0.2) is 0 Å². The summed E-state index contributed by atoms with van der Waals surface area (Å²) in [5.41, 5.74) is 3.55. The van der Waals surface area contributed by atoms with Crippen LogP contribution in [0.1, 0.15) is 29.8 Å². The summed E-state index contributed by atoms with van der Waals surface area (Å²) in [4.78, 5) is 19.5. The highest BCUT2D eigenvalue weighted by molar-refractivity contribution is 6.30. The lowest BCUT2D eigenvalue weighted by Crippen LogP contribution is -2.29. The van der Waals surface area contributed by atoms with Crippen molar-refractivity contribution < 1.29 is 4.79 Å². The van der Waals surface area contributed by atoms with E-state index in [9.17, 15) is 4.79 Å². The Morgan fingerprint density at radius 1 is 1.36 bits per heavy atom. The number of H-pyrrole nitrogens is 1. The van der Waals surface area contributed by atoms with Crippen LogP contribution in [0.5, 0.6) is 0 Å². The van der Waals surface area contributed by atoms with Crippen molar-refractivity contribution in [2.45, 2.75) is 32.1 Å². The van der Waals surface area contributed by atoms with Gasteiger partial charge in [0.05, 0.1) is 12.0 Å². The molecule has 0 bridgehead atoms. The summed E-state index contributed by atoms with van der Waals surface area (Å²) in [6.07, 6.45) is 6.13. The molecule has 1 atom stereocenters. The number of halogens is 1. The number of nitrogens with one attached hydrogen (secondary N) is 2. The number of aromatic amines is 1. The topological polar surface area (TPSA) is 57.8 Å². The Morgan fingerprint density at radius 2 is 2.18 bits per heavy atom. The highest BCUT2D eigenvalue weighted by atomic mass is 35.5. The van der Waals surface area contributed by atoms with Crippen molar-refractivity contribution >= 4 is 17.5 Å². The molecule has 1 unspecified atom stereocenters. The van der Waals surface area contributed by atoms with Crippen molar-refractivity contribution in [3.8, 4) is 0 Å². The number of benzene rings is 1. The Labute approximate surface area is 135 Å². The summed E-state index contributed by atoms with van der Waals surface area (Å²) in [7, 11) is 0. The molecule has 1 aromatic carbocycles. The fraction of sp³-hybridized carbons (Fsp3) is 0.412. The Bertz CT molecular complexity index is 636. The normalized spacial score (nSPS) is 17.0. The predicted octanol–water partition coefficient (Wildman–Crippen LogP) is 2.92. The van der Waals surface area contributed by atoms with Crippen LogP contribution in [-0.4, -0.2) is 22.4 Å². The van der Waals surface area contributed by atoms with E-state index in [2.05, 4.69) is 15.3 Å². The first-order valence-corrected chi connectivity index (χ1v) is 8.11. The minimum atomic E-state index is 0.137. The molecule has 2 N–H and O–H groups in total. The van der Waals surface area contributed by atoms with Crippen molar-refractivity contribution in [1.29, 1.82) is 0 Å². The van der Waals surface area contributed by atoms with E-state index < -0.39 is 0 Å². The van der Waals surface area contributed by atoms with E-state index in [1.54, 1.807) is 6.33 Å². The van der Waals surface area contributed by atoms with E-state index in [1.165, 1.54) is 11.3 Å². The van der Waals surface area contributed by atoms with E-state index in [4.69, 9.17) is 11.6 Å². The molecular formula is C17H20ClN3O. The van der Waals surface area contributed by atoms with Gasteiger partial charge in [0.1, 0.15) is 0 Å². The molecule has 2 aromatic rings. The van der Waals surface area contributed by atoms with Gasteiger partial charge >= 0.3 is 0 Å². The van der Waals surface area contributed by atoms with Crippen LogP contribution in [0, 0.1) is 5.92 Å². The van der Waals surface area contributed by atoms with Gasteiger partial charge in [-0.3, -0.25) is 4.79 Å². The smallest absolute Gasteiger partial charge is 0.220 e. The van der Waals surface area contributed by atoms with Crippen LogP contribution >= 0.6 is 11.6 Å². The number of amides is 1. The van der Waals surface area contributed by atoms with E-state index in [0.29, 0.717) is 18.9 Å². The van der Waals surface area contributed by atoms with Crippen LogP contribution in [0.25, 0.3) is 0 Å². The summed E-state index contributed by atoms with van der Waals surface area (Å²) in [6.45, 7) is 0.668. The average molecular weight is 318 g/mol. The van der Waals surface area contributed by atoms with E-state index in [-0.39, 0.29) is 5.91 Å². The summed E-state index contributed by atoms with van der Waals surface area (Å²) >= 11 is 5.86. The summed E-state index contributed by atoms with van der Waals surface area (Å²) in [6, 6.07) is 7.74. The lowest BCUT2D eigenvalue weighted by Gasteiger charge is -2.20. The summed E-state index contributed by atoms with van der Waals surface area (Å²) in [5, 5.41) is 3.75. The Kier molecular flexibility index (Phi) is 4.78. The van der Waals surface area contributed by atoms with Crippen LogP contribution in [0.2, 0.25) is 5.02 Å². The van der Waals surface area contributed by atoms with Crippen molar-refractivity contribution in [2.75, 3.05) is 6.54 Å². The van der Waals surface area contributed by atoms with Crippen molar-refractivity contribution in [3.05, 3.63) is 52.6 Å². The maximum atomic E-state index is 12.0. The zero-order valence-electron chi connectivity index (χ0n) is 12.4. The van der Waals surface area contributed by atoms with Crippen LogP contribution in [-0.2, 0) is 24.1 Å². The number of nitrogens with zero attached hydrogens (tertiary/aromatic N) is 1. The zero-order valence-corrected chi connectivity index (χ0v) is 13.2. The number of aryl methyl sites for hydroxylation is 1. The predicted molar refractivity (Wildman–Crippen MR) is 86.9 cm³/mol. The highest BCUT2D eigenvalue weighted by Crippen LogP contribution is 2.25. The van der Waals surface area contributed by atoms with Crippen molar-refractivity contribution in [3.63, 3.8) is 0 Å². The molecule has 1 heterocycles. The monoisotopic (exact) mass is 317 g/mol. The fourth-order valence-electron chi connectivity index (χ4n) is 2.97. The minimum Gasteiger partial charge on any atom is -0.356 e. The SMILES string of the molecule is O=C(CC1CCc2[nH]cnc2C1)NCCc1ccc(Cl)cc1. The van der Waals surface area contributed by atoms with Crippen LogP contribution in [0.4, 0.5) is 0 Å². The van der Waals surface area contributed by atoms with Gasteiger partial charge in [0, 0.05) is 23.7 Å². The molecule has 116 valence electrons. The van der Waals surface area contributed by atoms with Gasteiger partial charge in [-0.25, -0.2) is 4.98 Å². The molecule has 0 saturated carbocycles. The molecule has 22 heavy (non-hydrogen) atoms. The zero-order chi connectivity index (χ0) is 15.4. The first kappa shape index (κ1) is 15.1. The molecule has 0 radical (unpaired) electrons. The van der Waals surface area contributed by atoms with Crippen molar-refractivity contribution in [1.82, 2.24) is 15.3 Å². The first-order valence-electron chi connectivity index (χ1n) is 7.73. The van der Waals surface area contributed by atoms with Gasteiger partial charge in [0.2, 0.25) is 5.91 Å². The van der Waals surface area contributed by atoms with Gasteiger partial charge in [0.25, 0.3) is 0 Å². The maximum Gasteiger partial charge on any atom is 0.220 e. The molecule has 3 rings (SSSR count). The largest absolute Gasteiger partial charge is 0.356 e. The molecule has 0 spiro atoms. The summed E-state index contributed by atoms with van der Waals surface area (Å²) in [5.74, 6) is 0.546. The molecule has 1 aliphatic carbocycles. The van der Waals surface area contributed by atoms with Crippen LogP contribution < -0.4 is 5.32 Å². The van der Waals surface area contributed by atoms with E-state index >= 15 is 0 Å². The first-order chi connectivity index (χ1) is 10.7. The third-order valence-electron chi connectivity index (χ3n) is 4.22. The quantitative estimate of drug-likeness (QED) is 0.891. The number of carbonyl (C=O) groups excluding carboxylic acids is 1. The molecule has 0 fully saturated rings. The van der Waals surface area contributed by atoms with E-state index in [0.717, 1.165) is 36.4 Å². The van der Waals surface area contributed by atoms with Gasteiger partial charge in [-0.1, -0.05) is 23.7 Å². The number of imidazole rings is 1. The maximum absolute atomic E-state index is 12.0. The summed E-state index contributed by atoms with van der Waals surface area (Å²) < 4.78 is 0. The van der Waals surface area contributed by atoms with E-state index in [1.807, 2.05) is 24.3 Å². The second-order valence-electron chi connectivity index (χ2n) is 5.87. The molecule has 1 amide bonds. The van der Waals surface area contributed by atoms with Gasteiger partial charge in [-0.2, -0.15) is 0 Å². The van der Waals surface area contributed by atoms with Gasteiger partial charge in [-0.05, 0) is 49.3 Å². The van der Waals surface area contributed by atoms with Crippen molar-refractivity contribution in [2.24, 2.45) is 5.92 Å². The minimum absolute atomic E-state index is 0.137. The molecule has 0 saturated heterocycles. The Hall–Kier alpha value is -1.81. The van der Waals surface area contributed by atoms with Gasteiger partial charge < -0.3 is 10.3 Å². The third kappa shape index (κ3) is 3.89. The number of hydrogen-bond donors (Lipinski definition) is 2. The second-order valence-corrected chi connectivity index (χ2v) is 6.30. The Balaban J connectivity index is 1.40. The van der Waals surface area contributed by atoms with Gasteiger partial charge in [-0.15, -0.1) is 0 Å². The number of fused-ring (bicyclic) bond motifs is 1. The lowest BCUT2D eigenvalue weighted by molar-refractivity contribution is -0.122. The number of aromatic nitrogens is 2. The van der Waals surface area contributed by atoms with Crippen LogP contribution in [0.3, 0.4) is 0 Å². The van der Waals surface area contributed by atoms with Crippen LogP contribution in [0.15, 0.2) is 30.6 Å². The average Bonchev–Trinajstić information content (AvgIpc) is 2.97. The highest BCUT2D eigenvalue weighted by Gasteiger charge is 2.22.